The van der Waals surface area contributed by atoms with Crippen LogP contribution in [0.3, 0.4) is 0 Å². The van der Waals surface area contributed by atoms with Crippen LogP contribution in [-0.4, -0.2) is 75.8 Å². The number of nitrogens with one attached hydrogen (secondary N) is 2. The van der Waals surface area contributed by atoms with Gasteiger partial charge in [-0.1, -0.05) is 0 Å². The number of piperidine rings is 1. The van der Waals surface area contributed by atoms with Gasteiger partial charge in [0, 0.05) is 39.1 Å². The van der Waals surface area contributed by atoms with E-state index < -0.39 is 5.97 Å². The van der Waals surface area contributed by atoms with Crippen molar-refractivity contribution in [1.82, 2.24) is 29.4 Å². The van der Waals surface area contributed by atoms with E-state index in [0.717, 1.165) is 42.9 Å². The molecule has 11 nitrogen and oxygen atoms in total. The molecule has 37 heavy (non-hydrogen) atoms. The second-order valence-electron chi connectivity index (χ2n) is 9.04. The minimum absolute atomic E-state index is 0.0519. The Morgan fingerprint density at radius 3 is 2.51 bits per heavy atom. The lowest BCUT2D eigenvalue weighted by atomic mass is 10.1. The maximum absolute atomic E-state index is 12.7. The van der Waals surface area contributed by atoms with E-state index in [-0.39, 0.29) is 17.6 Å². The van der Waals surface area contributed by atoms with Gasteiger partial charge in [0.05, 0.1) is 30.7 Å². The molecule has 0 atom stereocenters. The van der Waals surface area contributed by atoms with Gasteiger partial charge >= 0.3 is 5.97 Å². The van der Waals surface area contributed by atoms with Crippen molar-refractivity contribution >= 4 is 34.3 Å². The van der Waals surface area contributed by atoms with E-state index >= 15 is 0 Å². The number of esters is 1. The largest absolute Gasteiger partial charge is 0.490 e. The summed E-state index contributed by atoms with van der Waals surface area (Å²) in [6.45, 7) is 2.07. The Hall–Kier alpha value is -4.25. The van der Waals surface area contributed by atoms with Gasteiger partial charge in [-0.25, -0.2) is 19.7 Å². The van der Waals surface area contributed by atoms with Crippen LogP contribution in [-0.2, 0) is 11.8 Å². The number of aromatic nitrogens is 5. The first-order valence-electron chi connectivity index (χ1n) is 12.1. The second-order valence-corrected chi connectivity index (χ2v) is 9.04. The molecular formula is C26H30N8O3. The normalized spacial score (nSPS) is 14.5. The monoisotopic (exact) mass is 502 g/mol. The van der Waals surface area contributed by atoms with Crippen LogP contribution in [0.5, 0.6) is 5.75 Å². The van der Waals surface area contributed by atoms with Crippen molar-refractivity contribution in [2.24, 2.45) is 7.05 Å². The van der Waals surface area contributed by atoms with Crippen molar-refractivity contribution in [2.75, 3.05) is 44.9 Å². The number of hydrogen-bond acceptors (Lipinski definition) is 10. The number of ether oxygens (including phenoxy) is 2. The molecule has 1 aromatic carbocycles. The quantitative estimate of drug-likeness (QED) is 0.364. The van der Waals surface area contributed by atoms with E-state index in [2.05, 4.69) is 42.5 Å². The molecule has 0 radical (unpaired) electrons. The molecule has 4 aromatic rings. The van der Waals surface area contributed by atoms with E-state index in [1.807, 2.05) is 35.9 Å². The van der Waals surface area contributed by atoms with Gasteiger partial charge in [0.15, 0.2) is 17.3 Å². The van der Waals surface area contributed by atoms with Crippen LogP contribution >= 0.6 is 0 Å². The molecule has 0 bridgehead atoms. The zero-order valence-electron chi connectivity index (χ0n) is 21.4. The Balaban J connectivity index is 1.45. The first-order chi connectivity index (χ1) is 18.0. The van der Waals surface area contributed by atoms with Gasteiger partial charge in [-0.15, -0.1) is 0 Å². The predicted octanol–water partition coefficient (Wildman–Crippen LogP) is 3.47. The van der Waals surface area contributed by atoms with Gasteiger partial charge in [-0.3, -0.25) is 4.98 Å². The molecule has 5 rings (SSSR count). The number of anilines is 3. The third kappa shape index (κ3) is 5.03. The number of aryl methyl sites for hydroxylation is 1. The summed E-state index contributed by atoms with van der Waals surface area (Å²) in [6.07, 6.45) is 7.34. The molecule has 0 aliphatic carbocycles. The summed E-state index contributed by atoms with van der Waals surface area (Å²) >= 11 is 0. The lowest BCUT2D eigenvalue weighted by molar-refractivity contribution is 0.0595. The van der Waals surface area contributed by atoms with Gasteiger partial charge in [0.1, 0.15) is 23.1 Å². The summed E-state index contributed by atoms with van der Waals surface area (Å²) in [4.78, 5) is 33.2. The summed E-state index contributed by atoms with van der Waals surface area (Å²) < 4.78 is 13.0. The molecule has 4 heterocycles. The SMILES string of the molecule is CNc1nc(Nc2ccc(OC3CCN(C)CC3)cc2)c(C(=O)OC)nc1-c1cncc2c1ncn2C. The van der Waals surface area contributed by atoms with Gasteiger partial charge < -0.3 is 29.6 Å². The first-order valence-corrected chi connectivity index (χ1v) is 12.1. The fourth-order valence-electron chi connectivity index (χ4n) is 4.39. The Kier molecular flexibility index (Phi) is 6.87. The number of carbonyl (C=O) groups excluding carboxylic acids is 1. The molecule has 11 heteroatoms. The number of imidazole rings is 1. The summed E-state index contributed by atoms with van der Waals surface area (Å²) in [7, 11) is 7.08. The van der Waals surface area contributed by atoms with Crippen molar-refractivity contribution in [1.29, 1.82) is 0 Å². The topological polar surface area (TPSA) is 119 Å². The third-order valence-electron chi connectivity index (χ3n) is 6.49. The summed E-state index contributed by atoms with van der Waals surface area (Å²) in [5.74, 6) is 0.936. The number of pyridine rings is 1. The van der Waals surface area contributed by atoms with Gasteiger partial charge in [0.2, 0.25) is 0 Å². The minimum atomic E-state index is -0.609. The van der Waals surface area contributed by atoms with Gasteiger partial charge in [-0.05, 0) is 44.2 Å². The molecule has 0 amide bonds. The van der Waals surface area contributed by atoms with E-state index in [4.69, 9.17) is 9.47 Å². The number of rotatable bonds is 7. The van der Waals surface area contributed by atoms with E-state index in [0.29, 0.717) is 22.6 Å². The van der Waals surface area contributed by atoms with Crippen LogP contribution in [0.1, 0.15) is 23.3 Å². The zero-order valence-corrected chi connectivity index (χ0v) is 21.4. The van der Waals surface area contributed by atoms with Crippen LogP contribution in [0.4, 0.5) is 17.3 Å². The van der Waals surface area contributed by atoms with Crippen LogP contribution < -0.4 is 15.4 Å². The predicted molar refractivity (Wildman–Crippen MR) is 141 cm³/mol. The average Bonchev–Trinajstić information content (AvgIpc) is 3.31. The van der Waals surface area contributed by atoms with Crippen molar-refractivity contribution in [3.63, 3.8) is 0 Å². The number of methoxy groups -OCH3 is 1. The lowest BCUT2D eigenvalue weighted by Gasteiger charge is -2.29. The number of fused-ring (bicyclic) bond motifs is 1. The molecule has 1 fully saturated rings. The number of carbonyl (C=O) groups is 1. The number of hydrogen-bond donors (Lipinski definition) is 2. The van der Waals surface area contributed by atoms with E-state index in [9.17, 15) is 4.79 Å². The first kappa shape index (κ1) is 24.4. The molecule has 1 aliphatic rings. The molecule has 1 aliphatic heterocycles. The Morgan fingerprint density at radius 1 is 1.05 bits per heavy atom. The molecular weight excluding hydrogens is 472 g/mol. The third-order valence-corrected chi connectivity index (χ3v) is 6.49. The highest BCUT2D eigenvalue weighted by Crippen LogP contribution is 2.33. The molecule has 1 saturated heterocycles. The van der Waals surface area contributed by atoms with Crippen molar-refractivity contribution < 1.29 is 14.3 Å². The van der Waals surface area contributed by atoms with Gasteiger partial charge in [0.25, 0.3) is 0 Å². The Morgan fingerprint density at radius 2 is 1.81 bits per heavy atom. The number of benzene rings is 1. The fourth-order valence-corrected chi connectivity index (χ4v) is 4.39. The molecule has 0 spiro atoms. The maximum atomic E-state index is 12.7. The summed E-state index contributed by atoms with van der Waals surface area (Å²) in [6, 6.07) is 7.59. The molecule has 2 N–H and O–H groups in total. The minimum Gasteiger partial charge on any atom is -0.490 e. The maximum Gasteiger partial charge on any atom is 0.360 e. The van der Waals surface area contributed by atoms with Crippen molar-refractivity contribution in [3.8, 4) is 17.0 Å². The second kappa shape index (κ2) is 10.4. The average molecular weight is 503 g/mol. The van der Waals surface area contributed by atoms with Crippen molar-refractivity contribution in [3.05, 3.63) is 48.7 Å². The summed E-state index contributed by atoms with van der Waals surface area (Å²) in [5, 5.41) is 6.29. The molecule has 0 saturated carbocycles. The number of likely N-dealkylation sites (tertiary alicyclic amines) is 1. The molecule has 3 aromatic heterocycles. The highest BCUT2D eigenvalue weighted by molar-refractivity contribution is 5.98. The summed E-state index contributed by atoms with van der Waals surface area (Å²) in [5.41, 5.74) is 3.44. The Labute approximate surface area is 214 Å². The van der Waals surface area contributed by atoms with Crippen LogP contribution in [0.2, 0.25) is 0 Å². The van der Waals surface area contributed by atoms with Gasteiger partial charge in [-0.2, -0.15) is 0 Å². The number of nitrogens with zero attached hydrogens (tertiary/aromatic N) is 6. The standard InChI is InChI=1S/C26H30N8O3/c1-27-24-22(19-13-28-14-20-21(19)29-15-34(20)3)31-23(26(35)36-4)25(32-24)30-16-5-7-17(8-6-16)37-18-9-11-33(2)12-10-18/h5-8,13-15,18H,9-12H2,1-4H3,(H2,27,30,32). The van der Waals surface area contributed by atoms with Crippen LogP contribution in [0, 0.1) is 0 Å². The van der Waals surface area contributed by atoms with E-state index in [1.54, 1.807) is 25.8 Å². The lowest BCUT2D eigenvalue weighted by Crippen LogP contribution is -2.35. The zero-order chi connectivity index (χ0) is 25.9. The van der Waals surface area contributed by atoms with Crippen molar-refractivity contribution in [2.45, 2.75) is 18.9 Å². The fraction of sp³-hybridized carbons (Fsp3) is 0.346. The highest BCUT2D eigenvalue weighted by Gasteiger charge is 2.23. The molecule has 0 unspecified atom stereocenters. The van der Waals surface area contributed by atoms with Crippen LogP contribution in [0.15, 0.2) is 43.0 Å². The Bertz CT molecular complexity index is 1410. The molecule has 192 valence electrons. The highest BCUT2D eigenvalue weighted by atomic mass is 16.5. The van der Waals surface area contributed by atoms with E-state index in [1.165, 1.54) is 7.11 Å². The van der Waals surface area contributed by atoms with Crippen LogP contribution in [0.25, 0.3) is 22.3 Å². The smallest absolute Gasteiger partial charge is 0.360 e.